The molecule has 0 fully saturated rings. The van der Waals surface area contributed by atoms with Crippen molar-refractivity contribution in [3.05, 3.63) is 35.3 Å². The fourth-order valence-corrected chi connectivity index (χ4v) is 2.12. The quantitative estimate of drug-likeness (QED) is 0.856. The van der Waals surface area contributed by atoms with Crippen LogP contribution in [0.2, 0.25) is 0 Å². The predicted molar refractivity (Wildman–Crippen MR) is 74.8 cm³/mol. The molecular weight excluding hydrogens is 254 g/mol. The number of aryl methyl sites for hydroxylation is 1. The van der Waals surface area contributed by atoms with Crippen molar-refractivity contribution in [2.45, 2.75) is 13.8 Å². The van der Waals surface area contributed by atoms with Crippen molar-refractivity contribution in [1.82, 2.24) is 9.97 Å². The number of benzene rings is 1. The molecule has 5 nitrogen and oxygen atoms in total. The van der Waals surface area contributed by atoms with Gasteiger partial charge in [0.15, 0.2) is 0 Å². The smallest absolute Gasteiger partial charge is 0.144 e. The summed E-state index contributed by atoms with van der Waals surface area (Å²) in [6.07, 6.45) is 0. The number of hydrogen-bond donors (Lipinski definition) is 0. The summed E-state index contributed by atoms with van der Waals surface area (Å²) in [7, 11) is 3.22. The van der Waals surface area contributed by atoms with E-state index in [1.807, 2.05) is 25.1 Å². The van der Waals surface area contributed by atoms with Gasteiger partial charge in [0, 0.05) is 17.2 Å². The maximum absolute atomic E-state index is 9.01. The van der Waals surface area contributed by atoms with E-state index in [4.69, 9.17) is 14.7 Å². The minimum absolute atomic E-state index is 0.336. The van der Waals surface area contributed by atoms with Gasteiger partial charge in [0.25, 0.3) is 0 Å². The van der Waals surface area contributed by atoms with E-state index in [2.05, 4.69) is 9.97 Å². The molecule has 2 aromatic rings. The standard InChI is InChI=1S/C15H15N3O2/c1-9-14(19-3)6-5-12(15(9)20-4)13-7-11(8-16)17-10(2)18-13/h5-7H,1-4H3. The van der Waals surface area contributed by atoms with Gasteiger partial charge in [-0.05, 0) is 26.0 Å². The highest BCUT2D eigenvalue weighted by Crippen LogP contribution is 2.37. The summed E-state index contributed by atoms with van der Waals surface area (Å²) in [5, 5.41) is 9.01. The zero-order valence-corrected chi connectivity index (χ0v) is 11.9. The van der Waals surface area contributed by atoms with Gasteiger partial charge in [0.2, 0.25) is 0 Å². The lowest BCUT2D eigenvalue weighted by Gasteiger charge is -2.14. The number of hydrogen-bond acceptors (Lipinski definition) is 5. The van der Waals surface area contributed by atoms with E-state index in [0.717, 1.165) is 16.9 Å². The number of methoxy groups -OCH3 is 2. The van der Waals surface area contributed by atoms with E-state index in [1.165, 1.54) is 0 Å². The van der Waals surface area contributed by atoms with E-state index in [0.29, 0.717) is 23.0 Å². The Hall–Kier alpha value is -2.61. The van der Waals surface area contributed by atoms with Crippen molar-refractivity contribution in [2.24, 2.45) is 0 Å². The van der Waals surface area contributed by atoms with E-state index in [9.17, 15) is 0 Å². The van der Waals surface area contributed by atoms with Crippen molar-refractivity contribution in [3.8, 4) is 28.8 Å². The van der Waals surface area contributed by atoms with Crippen LogP contribution in [0.25, 0.3) is 11.3 Å². The first-order chi connectivity index (χ1) is 9.60. The maximum Gasteiger partial charge on any atom is 0.144 e. The second kappa shape index (κ2) is 5.57. The Morgan fingerprint density at radius 3 is 2.45 bits per heavy atom. The molecule has 1 heterocycles. The van der Waals surface area contributed by atoms with E-state index >= 15 is 0 Å². The predicted octanol–water partition coefficient (Wildman–Crippen LogP) is 2.65. The first-order valence-corrected chi connectivity index (χ1v) is 6.08. The van der Waals surface area contributed by atoms with Crippen molar-refractivity contribution in [1.29, 1.82) is 5.26 Å². The molecule has 0 atom stereocenters. The summed E-state index contributed by atoms with van der Waals surface area (Å²) in [5.74, 6) is 1.98. The molecule has 0 bridgehead atoms. The van der Waals surface area contributed by atoms with E-state index < -0.39 is 0 Å². The highest BCUT2D eigenvalue weighted by Gasteiger charge is 2.15. The summed E-state index contributed by atoms with van der Waals surface area (Å²) in [6, 6.07) is 7.41. The topological polar surface area (TPSA) is 68.0 Å². The van der Waals surface area contributed by atoms with Gasteiger partial charge >= 0.3 is 0 Å². The van der Waals surface area contributed by atoms with Crippen molar-refractivity contribution < 1.29 is 9.47 Å². The Morgan fingerprint density at radius 1 is 1.10 bits per heavy atom. The molecule has 0 aliphatic rings. The van der Waals surface area contributed by atoms with Crippen LogP contribution in [0.4, 0.5) is 0 Å². The lowest BCUT2D eigenvalue weighted by molar-refractivity contribution is 0.390. The first-order valence-electron chi connectivity index (χ1n) is 6.08. The van der Waals surface area contributed by atoms with Crippen LogP contribution in [0.1, 0.15) is 17.1 Å². The number of nitriles is 1. The molecule has 0 amide bonds. The van der Waals surface area contributed by atoms with Crippen LogP contribution < -0.4 is 9.47 Å². The molecule has 0 saturated heterocycles. The molecule has 20 heavy (non-hydrogen) atoms. The van der Waals surface area contributed by atoms with Crippen LogP contribution in [-0.4, -0.2) is 24.2 Å². The minimum atomic E-state index is 0.336. The van der Waals surface area contributed by atoms with Crippen LogP contribution in [0.15, 0.2) is 18.2 Å². The Kier molecular flexibility index (Phi) is 3.85. The van der Waals surface area contributed by atoms with Gasteiger partial charge in [-0.1, -0.05) is 0 Å². The zero-order chi connectivity index (χ0) is 14.7. The Balaban J connectivity index is 2.67. The number of rotatable bonds is 3. The van der Waals surface area contributed by atoms with Crippen LogP contribution in [-0.2, 0) is 0 Å². The number of aromatic nitrogens is 2. The summed E-state index contributed by atoms with van der Waals surface area (Å²) < 4.78 is 10.7. The van der Waals surface area contributed by atoms with Crippen LogP contribution in [0.3, 0.4) is 0 Å². The second-order valence-electron chi connectivity index (χ2n) is 4.27. The molecule has 0 unspecified atom stereocenters. The monoisotopic (exact) mass is 269 g/mol. The number of ether oxygens (including phenoxy) is 2. The molecule has 2 rings (SSSR count). The molecule has 0 radical (unpaired) electrons. The molecule has 0 aliphatic carbocycles. The third-order valence-electron chi connectivity index (χ3n) is 3.01. The molecule has 1 aromatic carbocycles. The molecule has 0 N–H and O–H groups in total. The molecule has 0 spiro atoms. The molecule has 1 aromatic heterocycles. The summed E-state index contributed by atoms with van der Waals surface area (Å²) in [4.78, 5) is 8.43. The third-order valence-corrected chi connectivity index (χ3v) is 3.01. The average molecular weight is 269 g/mol. The minimum Gasteiger partial charge on any atom is -0.496 e. The molecule has 0 aliphatic heterocycles. The van der Waals surface area contributed by atoms with Gasteiger partial charge in [-0.15, -0.1) is 0 Å². The summed E-state index contributed by atoms with van der Waals surface area (Å²) in [6.45, 7) is 3.67. The highest BCUT2D eigenvalue weighted by molar-refractivity contribution is 5.72. The van der Waals surface area contributed by atoms with Gasteiger partial charge in [0.1, 0.15) is 29.1 Å². The maximum atomic E-state index is 9.01. The SMILES string of the molecule is COc1ccc(-c2cc(C#N)nc(C)n2)c(OC)c1C. The van der Waals surface area contributed by atoms with Crippen molar-refractivity contribution >= 4 is 0 Å². The average Bonchev–Trinajstić information content (AvgIpc) is 2.46. The summed E-state index contributed by atoms with van der Waals surface area (Å²) in [5.41, 5.74) is 2.70. The largest absolute Gasteiger partial charge is 0.496 e. The highest BCUT2D eigenvalue weighted by atomic mass is 16.5. The third kappa shape index (κ3) is 2.41. The molecule has 0 saturated carbocycles. The van der Waals surface area contributed by atoms with E-state index in [-0.39, 0.29) is 0 Å². The molecular formula is C15H15N3O2. The fraction of sp³-hybridized carbons (Fsp3) is 0.267. The lowest BCUT2D eigenvalue weighted by Crippen LogP contribution is -1.99. The van der Waals surface area contributed by atoms with Crippen LogP contribution >= 0.6 is 0 Å². The Bertz CT molecular complexity index is 690. The Labute approximate surface area is 117 Å². The molecule has 5 heteroatoms. The van der Waals surface area contributed by atoms with Crippen molar-refractivity contribution in [3.63, 3.8) is 0 Å². The van der Waals surface area contributed by atoms with Gasteiger partial charge in [-0.2, -0.15) is 5.26 Å². The van der Waals surface area contributed by atoms with Gasteiger partial charge < -0.3 is 9.47 Å². The van der Waals surface area contributed by atoms with Gasteiger partial charge in [-0.25, -0.2) is 9.97 Å². The Morgan fingerprint density at radius 2 is 1.85 bits per heavy atom. The second-order valence-corrected chi connectivity index (χ2v) is 4.27. The zero-order valence-electron chi connectivity index (χ0n) is 11.9. The molecule has 102 valence electrons. The summed E-state index contributed by atoms with van der Waals surface area (Å²) >= 11 is 0. The van der Waals surface area contributed by atoms with Gasteiger partial charge in [0.05, 0.1) is 19.9 Å². The van der Waals surface area contributed by atoms with E-state index in [1.54, 1.807) is 27.2 Å². The first kappa shape index (κ1) is 13.8. The normalized spacial score (nSPS) is 9.95. The van der Waals surface area contributed by atoms with Gasteiger partial charge in [-0.3, -0.25) is 0 Å². The van der Waals surface area contributed by atoms with Crippen molar-refractivity contribution in [2.75, 3.05) is 14.2 Å². The van der Waals surface area contributed by atoms with Crippen LogP contribution in [0.5, 0.6) is 11.5 Å². The lowest BCUT2D eigenvalue weighted by atomic mass is 10.0. The number of nitrogens with zero attached hydrogens (tertiary/aromatic N) is 3. The fourth-order valence-electron chi connectivity index (χ4n) is 2.12. The van der Waals surface area contributed by atoms with Crippen LogP contribution in [0, 0.1) is 25.2 Å².